The van der Waals surface area contributed by atoms with Crippen molar-refractivity contribution in [1.82, 2.24) is 10.6 Å². The van der Waals surface area contributed by atoms with E-state index in [1.807, 2.05) is 32.0 Å². The van der Waals surface area contributed by atoms with E-state index in [9.17, 15) is 4.79 Å². The first kappa shape index (κ1) is 17.8. The number of carbonyl (C=O) groups is 1. The maximum absolute atomic E-state index is 12.2. The molecule has 0 spiro atoms. The van der Waals surface area contributed by atoms with Crippen molar-refractivity contribution < 1.29 is 14.3 Å². The summed E-state index contributed by atoms with van der Waals surface area (Å²) in [6.07, 6.45) is 2.03. The molecule has 5 heteroatoms. The lowest BCUT2D eigenvalue weighted by atomic mass is 9.99. The molecule has 1 heterocycles. The Bertz CT molecular complexity index is 499. The Morgan fingerprint density at radius 2 is 2.26 bits per heavy atom. The van der Waals surface area contributed by atoms with Crippen LogP contribution in [0.25, 0.3) is 0 Å². The standard InChI is InChI=1S/C18H28N2O3/c1-3-22-9-10-23-17-11-14(2)6-7-15(17)13-20-18(21)16-5-4-8-19-12-16/h6-7,11,16,19H,3-5,8-10,12-13H2,1-2H3,(H,20,21). The minimum atomic E-state index is 0.0801. The predicted molar refractivity (Wildman–Crippen MR) is 90.6 cm³/mol. The van der Waals surface area contributed by atoms with Gasteiger partial charge in [0.05, 0.1) is 12.5 Å². The molecule has 0 radical (unpaired) electrons. The summed E-state index contributed by atoms with van der Waals surface area (Å²) < 4.78 is 11.1. The van der Waals surface area contributed by atoms with Crippen molar-refractivity contribution in [1.29, 1.82) is 0 Å². The molecule has 128 valence electrons. The molecular formula is C18H28N2O3. The molecule has 1 amide bonds. The largest absolute Gasteiger partial charge is 0.491 e. The number of ether oxygens (including phenoxy) is 2. The van der Waals surface area contributed by atoms with Gasteiger partial charge in [0.25, 0.3) is 0 Å². The number of carbonyl (C=O) groups excluding carboxylic acids is 1. The molecule has 0 aromatic heterocycles. The number of benzene rings is 1. The molecule has 2 rings (SSSR count). The van der Waals surface area contributed by atoms with Gasteiger partial charge in [-0.05, 0) is 44.9 Å². The topological polar surface area (TPSA) is 59.6 Å². The van der Waals surface area contributed by atoms with Crippen LogP contribution in [0, 0.1) is 12.8 Å². The smallest absolute Gasteiger partial charge is 0.224 e. The molecule has 5 nitrogen and oxygen atoms in total. The first-order chi connectivity index (χ1) is 11.2. The van der Waals surface area contributed by atoms with Crippen LogP contribution in [0.4, 0.5) is 0 Å². The lowest BCUT2D eigenvalue weighted by molar-refractivity contribution is -0.125. The van der Waals surface area contributed by atoms with E-state index in [2.05, 4.69) is 10.6 Å². The summed E-state index contributed by atoms with van der Waals surface area (Å²) >= 11 is 0. The fourth-order valence-corrected chi connectivity index (χ4v) is 2.70. The summed E-state index contributed by atoms with van der Waals surface area (Å²) in [5, 5.41) is 6.31. The van der Waals surface area contributed by atoms with Crippen LogP contribution >= 0.6 is 0 Å². The van der Waals surface area contributed by atoms with Crippen LogP contribution in [-0.2, 0) is 16.1 Å². The van der Waals surface area contributed by atoms with Crippen LogP contribution < -0.4 is 15.4 Å². The molecule has 0 saturated carbocycles. The molecule has 1 aliphatic heterocycles. The highest BCUT2D eigenvalue weighted by atomic mass is 16.5. The zero-order chi connectivity index (χ0) is 16.5. The zero-order valence-corrected chi connectivity index (χ0v) is 14.2. The van der Waals surface area contributed by atoms with E-state index in [1.165, 1.54) is 0 Å². The molecule has 1 aromatic rings. The van der Waals surface area contributed by atoms with Gasteiger partial charge in [-0.25, -0.2) is 0 Å². The SMILES string of the molecule is CCOCCOc1cc(C)ccc1CNC(=O)C1CCCNC1. The van der Waals surface area contributed by atoms with Crippen LogP contribution in [-0.4, -0.2) is 38.8 Å². The number of hydrogen-bond donors (Lipinski definition) is 2. The van der Waals surface area contributed by atoms with Gasteiger partial charge in [-0.3, -0.25) is 4.79 Å². The average molecular weight is 320 g/mol. The van der Waals surface area contributed by atoms with Crippen LogP contribution in [0.3, 0.4) is 0 Å². The highest BCUT2D eigenvalue weighted by molar-refractivity contribution is 5.79. The second-order valence-electron chi connectivity index (χ2n) is 5.92. The van der Waals surface area contributed by atoms with Gasteiger partial charge in [0.15, 0.2) is 0 Å². The normalized spacial score (nSPS) is 17.7. The maximum Gasteiger partial charge on any atom is 0.224 e. The molecule has 1 aliphatic rings. The molecule has 0 aliphatic carbocycles. The number of nitrogens with one attached hydrogen (secondary N) is 2. The third-order valence-electron chi connectivity index (χ3n) is 4.03. The first-order valence-electron chi connectivity index (χ1n) is 8.49. The van der Waals surface area contributed by atoms with E-state index in [4.69, 9.17) is 9.47 Å². The van der Waals surface area contributed by atoms with Crippen molar-refractivity contribution >= 4 is 5.91 Å². The lowest BCUT2D eigenvalue weighted by Gasteiger charge is -2.22. The van der Waals surface area contributed by atoms with Gasteiger partial charge in [0.2, 0.25) is 5.91 Å². The van der Waals surface area contributed by atoms with Gasteiger partial charge in [-0.2, -0.15) is 0 Å². The van der Waals surface area contributed by atoms with E-state index in [0.717, 1.165) is 42.8 Å². The molecular weight excluding hydrogens is 292 g/mol. The van der Waals surface area contributed by atoms with Gasteiger partial charge < -0.3 is 20.1 Å². The van der Waals surface area contributed by atoms with Gasteiger partial charge in [-0.15, -0.1) is 0 Å². The average Bonchev–Trinajstić information content (AvgIpc) is 2.58. The zero-order valence-electron chi connectivity index (χ0n) is 14.2. The third kappa shape index (κ3) is 5.84. The lowest BCUT2D eigenvalue weighted by Crippen LogP contribution is -2.40. The third-order valence-corrected chi connectivity index (χ3v) is 4.03. The van der Waals surface area contributed by atoms with Crippen LogP contribution in [0.2, 0.25) is 0 Å². The number of amides is 1. The van der Waals surface area contributed by atoms with Crippen LogP contribution in [0.5, 0.6) is 5.75 Å². The van der Waals surface area contributed by atoms with E-state index >= 15 is 0 Å². The highest BCUT2D eigenvalue weighted by Crippen LogP contribution is 2.20. The molecule has 23 heavy (non-hydrogen) atoms. The van der Waals surface area contributed by atoms with E-state index in [-0.39, 0.29) is 11.8 Å². The molecule has 1 unspecified atom stereocenters. The minimum Gasteiger partial charge on any atom is -0.491 e. The van der Waals surface area contributed by atoms with E-state index in [0.29, 0.717) is 26.4 Å². The summed E-state index contributed by atoms with van der Waals surface area (Å²) in [4.78, 5) is 12.2. The van der Waals surface area contributed by atoms with Crippen molar-refractivity contribution in [2.45, 2.75) is 33.2 Å². The monoisotopic (exact) mass is 320 g/mol. The number of aryl methyl sites for hydroxylation is 1. The Labute approximate surface area is 138 Å². The Kier molecular flexibility index (Phi) is 7.36. The molecule has 1 saturated heterocycles. The quantitative estimate of drug-likeness (QED) is 0.720. The van der Waals surface area contributed by atoms with E-state index in [1.54, 1.807) is 0 Å². The molecule has 1 aromatic carbocycles. The Morgan fingerprint density at radius 1 is 1.39 bits per heavy atom. The van der Waals surface area contributed by atoms with Crippen molar-refractivity contribution in [2.24, 2.45) is 5.92 Å². The van der Waals surface area contributed by atoms with Gasteiger partial charge >= 0.3 is 0 Å². The molecule has 1 fully saturated rings. The van der Waals surface area contributed by atoms with Crippen LogP contribution in [0.15, 0.2) is 18.2 Å². The summed E-state index contributed by atoms with van der Waals surface area (Å²) in [6.45, 7) is 8.07. The maximum atomic E-state index is 12.2. The van der Waals surface area contributed by atoms with Gasteiger partial charge in [-0.1, -0.05) is 12.1 Å². The second-order valence-corrected chi connectivity index (χ2v) is 5.92. The Morgan fingerprint density at radius 3 is 3.00 bits per heavy atom. The summed E-state index contributed by atoms with van der Waals surface area (Å²) in [7, 11) is 0. The van der Waals surface area contributed by atoms with Gasteiger partial charge in [0, 0.05) is 25.3 Å². The Hall–Kier alpha value is -1.59. The summed E-state index contributed by atoms with van der Waals surface area (Å²) in [5.74, 6) is 1.03. The van der Waals surface area contributed by atoms with Gasteiger partial charge in [0.1, 0.15) is 12.4 Å². The highest BCUT2D eigenvalue weighted by Gasteiger charge is 2.20. The summed E-state index contributed by atoms with van der Waals surface area (Å²) in [5.41, 5.74) is 2.15. The number of rotatable bonds is 8. The van der Waals surface area contributed by atoms with Crippen LogP contribution in [0.1, 0.15) is 30.9 Å². The molecule has 0 bridgehead atoms. The molecule has 1 atom stereocenters. The van der Waals surface area contributed by atoms with Crippen molar-refractivity contribution in [3.8, 4) is 5.75 Å². The minimum absolute atomic E-state index is 0.0801. The van der Waals surface area contributed by atoms with E-state index < -0.39 is 0 Å². The Balaban J connectivity index is 1.88. The molecule has 2 N–H and O–H groups in total. The fraction of sp³-hybridized carbons (Fsp3) is 0.611. The summed E-state index contributed by atoms with van der Waals surface area (Å²) in [6, 6.07) is 6.07. The van der Waals surface area contributed by atoms with Crippen molar-refractivity contribution in [3.63, 3.8) is 0 Å². The second kappa shape index (κ2) is 9.53. The number of piperidine rings is 1. The first-order valence-corrected chi connectivity index (χ1v) is 8.49. The van der Waals surface area contributed by atoms with Crippen molar-refractivity contribution in [2.75, 3.05) is 32.9 Å². The number of hydrogen-bond acceptors (Lipinski definition) is 4. The van der Waals surface area contributed by atoms with Crippen molar-refractivity contribution in [3.05, 3.63) is 29.3 Å². The fourth-order valence-electron chi connectivity index (χ4n) is 2.70. The predicted octanol–water partition coefficient (Wildman–Crippen LogP) is 2.03.